The molecule has 1 N–H and O–H groups in total. The molecule has 0 aliphatic carbocycles. The molecule has 0 spiro atoms. The van der Waals surface area contributed by atoms with Crippen molar-refractivity contribution in [1.29, 1.82) is 0 Å². The van der Waals surface area contributed by atoms with Gasteiger partial charge in [0.15, 0.2) is 0 Å². The van der Waals surface area contributed by atoms with E-state index in [1.165, 1.54) is 51.9 Å². The SMILES string of the molecule is CN1CCC(N2CCC(CC[NH])CC2)CC1. The molecular weight excluding hydrogens is 198 g/mol. The average molecular weight is 224 g/mol. The smallest absolute Gasteiger partial charge is 0.0120 e. The summed E-state index contributed by atoms with van der Waals surface area (Å²) in [4.78, 5) is 5.16. The van der Waals surface area contributed by atoms with Crippen molar-refractivity contribution >= 4 is 0 Å². The lowest BCUT2D eigenvalue weighted by Gasteiger charge is -2.41. The molecule has 3 nitrogen and oxygen atoms in total. The van der Waals surface area contributed by atoms with Crippen LogP contribution in [-0.4, -0.2) is 55.6 Å². The molecule has 0 atom stereocenters. The highest BCUT2D eigenvalue weighted by molar-refractivity contribution is 4.82. The van der Waals surface area contributed by atoms with Gasteiger partial charge in [0.2, 0.25) is 0 Å². The zero-order valence-corrected chi connectivity index (χ0v) is 10.6. The Balaban J connectivity index is 1.72. The van der Waals surface area contributed by atoms with Crippen molar-refractivity contribution in [3.63, 3.8) is 0 Å². The third-order valence-electron chi connectivity index (χ3n) is 4.41. The highest BCUT2D eigenvalue weighted by atomic mass is 15.2. The summed E-state index contributed by atoms with van der Waals surface area (Å²) in [7, 11) is 2.23. The third kappa shape index (κ3) is 3.19. The van der Waals surface area contributed by atoms with Crippen molar-refractivity contribution in [2.75, 3.05) is 39.8 Å². The molecule has 16 heavy (non-hydrogen) atoms. The molecule has 0 amide bonds. The van der Waals surface area contributed by atoms with Gasteiger partial charge in [0.05, 0.1) is 0 Å². The summed E-state index contributed by atoms with van der Waals surface area (Å²) in [6.45, 7) is 5.76. The second kappa shape index (κ2) is 5.99. The topological polar surface area (TPSA) is 30.3 Å². The molecule has 2 aliphatic heterocycles. The van der Waals surface area contributed by atoms with Gasteiger partial charge in [-0.2, -0.15) is 0 Å². The van der Waals surface area contributed by atoms with E-state index >= 15 is 0 Å². The minimum atomic E-state index is 0.624. The van der Waals surface area contributed by atoms with Crippen LogP contribution in [0.4, 0.5) is 0 Å². The maximum absolute atomic E-state index is 7.29. The van der Waals surface area contributed by atoms with E-state index in [0.717, 1.165) is 18.4 Å². The molecule has 0 aromatic carbocycles. The van der Waals surface area contributed by atoms with Crippen molar-refractivity contribution in [2.45, 2.75) is 38.1 Å². The highest BCUT2D eigenvalue weighted by Crippen LogP contribution is 2.24. The van der Waals surface area contributed by atoms with Crippen LogP contribution in [0.1, 0.15) is 32.1 Å². The van der Waals surface area contributed by atoms with Gasteiger partial charge in [0.1, 0.15) is 0 Å². The fourth-order valence-corrected chi connectivity index (χ4v) is 3.17. The summed E-state index contributed by atoms with van der Waals surface area (Å²) in [5, 5.41) is 0. The summed E-state index contributed by atoms with van der Waals surface area (Å²) in [5.41, 5.74) is 7.29. The lowest BCUT2D eigenvalue weighted by Crippen LogP contribution is -2.46. The Morgan fingerprint density at radius 1 is 1.00 bits per heavy atom. The molecule has 2 saturated heterocycles. The summed E-state index contributed by atoms with van der Waals surface area (Å²) in [5.74, 6) is 0.847. The summed E-state index contributed by atoms with van der Waals surface area (Å²) in [6, 6.07) is 0.855. The van der Waals surface area contributed by atoms with E-state index in [9.17, 15) is 0 Å². The van der Waals surface area contributed by atoms with Gasteiger partial charge in [-0.05, 0) is 71.2 Å². The fraction of sp³-hybridized carbons (Fsp3) is 1.00. The Morgan fingerprint density at radius 3 is 2.19 bits per heavy atom. The van der Waals surface area contributed by atoms with Crippen LogP contribution >= 0.6 is 0 Å². The number of hydrogen-bond donors (Lipinski definition) is 0. The quantitative estimate of drug-likeness (QED) is 0.726. The van der Waals surface area contributed by atoms with Crippen LogP contribution in [0, 0.1) is 5.92 Å². The second-order valence-corrected chi connectivity index (χ2v) is 5.55. The zero-order valence-electron chi connectivity index (χ0n) is 10.6. The van der Waals surface area contributed by atoms with Crippen molar-refractivity contribution in [1.82, 2.24) is 15.5 Å². The molecule has 2 rings (SSSR count). The minimum Gasteiger partial charge on any atom is -0.306 e. The van der Waals surface area contributed by atoms with Crippen LogP contribution < -0.4 is 5.73 Å². The van der Waals surface area contributed by atoms with E-state index in [2.05, 4.69) is 16.8 Å². The number of nitrogens with zero attached hydrogens (tertiary/aromatic N) is 2. The summed E-state index contributed by atoms with van der Waals surface area (Å²) >= 11 is 0. The maximum atomic E-state index is 7.29. The van der Waals surface area contributed by atoms with Crippen LogP contribution in [0.3, 0.4) is 0 Å². The van der Waals surface area contributed by atoms with Gasteiger partial charge in [-0.3, -0.25) is 5.73 Å². The normalized spacial score (nSPS) is 27.4. The van der Waals surface area contributed by atoms with Gasteiger partial charge in [-0.25, -0.2) is 0 Å². The monoisotopic (exact) mass is 224 g/mol. The Kier molecular flexibility index (Phi) is 4.62. The van der Waals surface area contributed by atoms with Crippen molar-refractivity contribution in [3.8, 4) is 0 Å². The third-order valence-corrected chi connectivity index (χ3v) is 4.41. The number of likely N-dealkylation sites (tertiary alicyclic amines) is 2. The zero-order chi connectivity index (χ0) is 11.4. The molecule has 0 aromatic rings. The van der Waals surface area contributed by atoms with E-state index < -0.39 is 0 Å². The Morgan fingerprint density at radius 2 is 1.62 bits per heavy atom. The van der Waals surface area contributed by atoms with E-state index in [4.69, 9.17) is 5.73 Å². The first-order valence-corrected chi connectivity index (χ1v) is 6.87. The number of piperidine rings is 2. The van der Waals surface area contributed by atoms with Crippen molar-refractivity contribution < 1.29 is 0 Å². The predicted molar refractivity (Wildman–Crippen MR) is 67.4 cm³/mol. The molecule has 93 valence electrons. The number of hydrogen-bond acceptors (Lipinski definition) is 2. The predicted octanol–water partition coefficient (Wildman–Crippen LogP) is 1.47. The molecule has 2 heterocycles. The largest absolute Gasteiger partial charge is 0.306 e. The van der Waals surface area contributed by atoms with Crippen LogP contribution in [0.25, 0.3) is 0 Å². The summed E-state index contributed by atoms with van der Waals surface area (Å²) < 4.78 is 0. The van der Waals surface area contributed by atoms with E-state index in [-0.39, 0.29) is 0 Å². The number of rotatable bonds is 3. The maximum Gasteiger partial charge on any atom is 0.0120 e. The van der Waals surface area contributed by atoms with Gasteiger partial charge in [-0.15, -0.1) is 0 Å². The van der Waals surface area contributed by atoms with Crippen LogP contribution in [0.2, 0.25) is 0 Å². The average Bonchev–Trinajstić information content (AvgIpc) is 2.32. The van der Waals surface area contributed by atoms with Gasteiger partial charge in [-0.1, -0.05) is 0 Å². The molecule has 2 fully saturated rings. The molecule has 0 aromatic heterocycles. The molecule has 0 unspecified atom stereocenters. The molecule has 1 radical (unpaired) electrons. The molecule has 2 aliphatic rings. The number of nitrogens with one attached hydrogen (secondary N) is 1. The van der Waals surface area contributed by atoms with E-state index in [0.29, 0.717) is 6.54 Å². The highest BCUT2D eigenvalue weighted by Gasteiger charge is 2.26. The molecule has 0 saturated carbocycles. The van der Waals surface area contributed by atoms with Gasteiger partial charge in [0, 0.05) is 12.6 Å². The van der Waals surface area contributed by atoms with Crippen molar-refractivity contribution in [2.24, 2.45) is 5.92 Å². The first-order valence-electron chi connectivity index (χ1n) is 6.87. The van der Waals surface area contributed by atoms with E-state index in [1.807, 2.05) is 0 Å². The van der Waals surface area contributed by atoms with Gasteiger partial charge < -0.3 is 9.80 Å². The Hall–Kier alpha value is -0.120. The molecule has 3 heteroatoms. The van der Waals surface area contributed by atoms with Crippen LogP contribution in [0.15, 0.2) is 0 Å². The lowest BCUT2D eigenvalue weighted by molar-refractivity contribution is 0.0842. The van der Waals surface area contributed by atoms with Crippen LogP contribution in [0.5, 0.6) is 0 Å². The fourth-order valence-electron chi connectivity index (χ4n) is 3.17. The molecular formula is C13H26N3. The Labute approximate surface area is 100.0 Å². The first-order chi connectivity index (χ1) is 7.79. The molecule has 0 bridgehead atoms. The van der Waals surface area contributed by atoms with Gasteiger partial charge >= 0.3 is 0 Å². The van der Waals surface area contributed by atoms with Crippen molar-refractivity contribution in [3.05, 3.63) is 0 Å². The first kappa shape index (κ1) is 12.3. The Bertz CT molecular complexity index is 191. The minimum absolute atomic E-state index is 0.624. The lowest BCUT2D eigenvalue weighted by atomic mass is 9.91. The second-order valence-electron chi connectivity index (χ2n) is 5.55. The van der Waals surface area contributed by atoms with Crippen LogP contribution in [-0.2, 0) is 0 Å². The van der Waals surface area contributed by atoms with Gasteiger partial charge in [0.25, 0.3) is 0 Å². The standard InChI is InChI=1S/C13H26N3/c1-15-8-5-13(6-9-15)16-10-3-12(2-7-14)4-11-16/h12-14H,2-11H2,1H3. The summed E-state index contributed by atoms with van der Waals surface area (Å²) in [6.07, 6.45) is 6.52. The van der Waals surface area contributed by atoms with E-state index in [1.54, 1.807) is 0 Å².